The highest BCUT2D eigenvalue weighted by molar-refractivity contribution is 7.90. The molecule has 1 N–H and O–H groups in total. The van der Waals surface area contributed by atoms with Crippen LogP contribution in [-0.2, 0) is 11.4 Å². The first kappa shape index (κ1) is 18.8. The second-order valence-corrected chi connectivity index (χ2v) is 10.2. The van der Waals surface area contributed by atoms with Crippen LogP contribution in [0.2, 0.25) is 0 Å². The molecule has 0 spiro atoms. The number of nitrogens with one attached hydrogen (secondary N) is 1. The van der Waals surface area contributed by atoms with E-state index in [4.69, 9.17) is 0 Å². The van der Waals surface area contributed by atoms with E-state index in [0.29, 0.717) is 0 Å². The van der Waals surface area contributed by atoms with Crippen molar-refractivity contribution in [3.8, 4) is 0 Å². The van der Waals surface area contributed by atoms with Gasteiger partial charge in [0.25, 0.3) is 0 Å². The Morgan fingerprint density at radius 1 is 1.30 bits per heavy atom. The van der Waals surface area contributed by atoms with Gasteiger partial charge in [-0.05, 0) is 59.1 Å². The Labute approximate surface area is 145 Å². The molecular formula is C19H32N2OS. The Bertz CT molecular complexity index is 502. The first-order valence-corrected chi connectivity index (χ1v) is 9.74. The predicted octanol–water partition coefficient (Wildman–Crippen LogP) is 3.90. The van der Waals surface area contributed by atoms with Gasteiger partial charge in [-0.15, -0.1) is 4.72 Å². The van der Waals surface area contributed by atoms with Crippen molar-refractivity contribution in [1.82, 2.24) is 9.62 Å². The summed E-state index contributed by atoms with van der Waals surface area (Å²) in [7, 11) is 2.20. The van der Waals surface area contributed by atoms with Crippen LogP contribution in [0, 0.1) is 5.92 Å². The van der Waals surface area contributed by atoms with Gasteiger partial charge in [0.05, 0.1) is 6.04 Å². The summed E-state index contributed by atoms with van der Waals surface area (Å²) in [6.45, 7) is 11.8. The molecule has 23 heavy (non-hydrogen) atoms. The van der Waals surface area contributed by atoms with Crippen molar-refractivity contribution in [3.63, 3.8) is 0 Å². The first-order chi connectivity index (χ1) is 10.6. The van der Waals surface area contributed by atoms with Gasteiger partial charge in [0, 0.05) is 23.4 Å². The van der Waals surface area contributed by atoms with E-state index in [1.165, 1.54) is 12.0 Å². The fraction of sp³-hybridized carbons (Fsp3) is 0.684. The van der Waals surface area contributed by atoms with Crippen LogP contribution in [0.5, 0.6) is 0 Å². The minimum atomic E-state index is -1.10. The van der Waals surface area contributed by atoms with Crippen LogP contribution in [-0.4, -0.2) is 33.3 Å². The van der Waals surface area contributed by atoms with E-state index in [9.17, 15) is 4.55 Å². The van der Waals surface area contributed by atoms with Gasteiger partial charge in [0.15, 0.2) is 0 Å². The molecule has 1 heterocycles. The summed E-state index contributed by atoms with van der Waals surface area (Å²) in [5, 5.41) is 0. The lowest BCUT2D eigenvalue weighted by Crippen LogP contribution is -2.58. The first-order valence-electron chi connectivity index (χ1n) is 8.59. The fourth-order valence-electron chi connectivity index (χ4n) is 3.34. The number of piperidine rings is 1. The summed E-state index contributed by atoms with van der Waals surface area (Å²) < 4.78 is 16.0. The van der Waals surface area contributed by atoms with Crippen LogP contribution in [0.1, 0.15) is 59.1 Å². The van der Waals surface area contributed by atoms with Gasteiger partial charge in [-0.1, -0.05) is 37.3 Å². The topological polar surface area (TPSA) is 38.3 Å². The lowest BCUT2D eigenvalue weighted by Gasteiger charge is -2.50. The minimum Gasteiger partial charge on any atom is -0.598 e. The largest absolute Gasteiger partial charge is 0.598 e. The Kier molecular flexibility index (Phi) is 5.83. The molecule has 1 aliphatic rings. The molecule has 1 saturated heterocycles. The van der Waals surface area contributed by atoms with Crippen LogP contribution >= 0.6 is 0 Å². The summed E-state index contributed by atoms with van der Waals surface area (Å²) in [5.74, 6) is 0.720. The third-order valence-electron chi connectivity index (χ3n) is 5.14. The molecule has 0 aliphatic carbocycles. The van der Waals surface area contributed by atoms with Gasteiger partial charge in [0.2, 0.25) is 0 Å². The number of likely N-dealkylation sites (tertiary alicyclic amines) is 1. The molecule has 4 heteroatoms. The number of rotatable bonds is 4. The zero-order valence-electron chi connectivity index (χ0n) is 15.4. The Hall–Kier alpha value is -0.550. The third-order valence-corrected chi connectivity index (χ3v) is 6.70. The average molecular weight is 337 g/mol. The molecule has 0 aromatic heterocycles. The van der Waals surface area contributed by atoms with E-state index >= 15 is 0 Å². The Morgan fingerprint density at radius 3 is 2.43 bits per heavy atom. The van der Waals surface area contributed by atoms with Gasteiger partial charge in [-0.25, -0.2) is 0 Å². The quantitative estimate of drug-likeness (QED) is 0.848. The highest BCUT2D eigenvalue weighted by Gasteiger charge is 2.45. The zero-order chi connectivity index (χ0) is 17.3. The maximum Gasteiger partial charge on any atom is 0.136 e. The molecule has 0 amide bonds. The summed E-state index contributed by atoms with van der Waals surface area (Å²) >= 11 is -1.10. The molecule has 2 unspecified atom stereocenters. The Morgan fingerprint density at radius 2 is 1.91 bits per heavy atom. The van der Waals surface area contributed by atoms with Crippen molar-refractivity contribution in [3.05, 3.63) is 35.9 Å². The normalized spacial score (nSPS) is 29.3. The van der Waals surface area contributed by atoms with E-state index in [1.807, 2.05) is 26.8 Å². The van der Waals surface area contributed by atoms with Gasteiger partial charge >= 0.3 is 0 Å². The van der Waals surface area contributed by atoms with Crippen molar-refractivity contribution in [1.29, 1.82) is 0 Å². The number of nitrogens with zero attached hydrogens (tertiary/aromatic N) is 1. The third kappa shape index (κ3) is 4.30. The minimum absolute atomic E-state index is 0.0330. The fourth-order valence-corrected chi connectivity index (χ4v) is 4.30. The van der Waals surface area contributed by atoms with Gasteiger partial charge in [-0.3, -0.25) is 4.90 Å². The highest BCUT2D eigenvalue weighted by Crippen LogP contribution is 2.40. The highest BCUT2D eigenvalue weighted by atomic mass is 32.2. The lowest BCUT2D eigenvalue weighted by atomic mass is 9.77. The summed E-state index contributed by atoms with van der Waals surface area (Å²) in [6.07, 6.45) is 2.33. The maximum absolute atomic E-state index is 12.8. The molecule has 1 fully saturated rings. The van der Waals surface area contributed by atoms with Gasteiger partial charge in [-0.2, -0.15) is 0 Å². The van der Waals surface area contributed by atoms with Crippen molar-refractivity contribution >= 4 is 11.4 Å². The molecule has 2 rings (SSSR count). The monoisotopic (exact) mass is 336 g/mol. The van der Waals surface area contributed by atoms with E-state index in [0.717, 1.165) is 18.9 Å². The van der Waals surface area contributed by atoms with Crippen molar-refractivity contribution in [2.75, 3.05) is 13.6 Å². The van der Waals surface area contributed by atoms with Crippen LogP contribution in [0.15, 0.2) is 30.3 Å². The van der Waals surface area contributed by atoms with E-state index in [-0.39, 0.29) is 16.3 Å². The molecule has 130 valence electrons. The number of hydrogen-bond acceptors (Lipinski definition) is 3. The Balaban J connectivity index is 2.34. The summed E-state index contributed by atoms with van der Waals surface area (Å²) in [4.78, 5) is 2.45. The SMILES string of the molecule is CC1CCC(C)([C@H](N[S@+]([O-])C(C)(C)C)c2ccccc2)N(C)C1. The number of hydrogen-bond donors (Lipinski definition) is 1. The van der Waals surface area contributed by atoms with Gasteiger partial charge < -0.3 is 4.55 Å². The molecular weight excluding hydrogens is 304 g/mol. The van der Waals surface area contributed by atoms with Crippen LogP contribution in [0.3, 0.4) is 0 Å². The van der Waals surface area contributed by atoms with E-state index in [2.05, 4.69) is 54.8 Å². The molecule has 4 atom stereocenters. The summed E-state index contributed by atoms with van der Waals surface area (Å²) in [6, 6.07) is 10.5. The van der Waals surface area contributed by atoms with Crippen LogP contribution in [0.25, 0.3) is 0 Å². The van der Waals surface area contributed by atoms with Crippen LogP contribution < -0.4 is 4.72 Å². The molecule has 1 aromatic carbocycles. The van der Waals surface area contributed by atoms with Gasteiger partial charge in [0.1, 0.15) is 4.75 Å². The molecule has 0 radical (unpaired) electrons. The van der Waals surface area contributed by atoms with Crippen molar-refractivity contribution in [2.24, 2.45) is 5.92 Å². The molecule has 1 aromatic rings. The zero-order valence-corrected chi connectivity index (χ0v) is 16.2. The predicted molar refractivity (Wildman–Crippen MR) is 99.6 cm³/mol. The number of likely N-dealkylation sites (N-methyl/N-ethyl adjacent to an activating group) is 1. The molecule has 0 bridgehead atoms. The van der Waals surface area contributed by atoms with E-state index < -0.39 is 11.4 Å². The number of benzene rings is 1. The summed E-state index contributed by atoms with van der Waals surface area (Å²) in [5.41, 5.74) is 1.18. The maximum atomic E-state index is 12.8. The van der Waals surface area contributed by atoms with E-state index in [1.54, 1.807) is 0 Å². The second-order valence-electron chi connectivity index (χ2n) is 8.22. The average Bonchev–Trinajstić information content (AvgIpc) is 2.48. The van der Waals surface area contributed by atoms with Crippen molar-refractivity contribution in [2.45, 2.75) is 63.8 Å². The standard InChI is InChI=1S/C19H32N2OS/c1-15-12-13-19(5,21(6)14-15)17(16-10-8-7-9-11-16)20-23(22)18(2,3)4/h7-11,15,17,20H,12-14H2,1-6H3/t15?,17-,19?,23-/m1/s1. The second kappa shape index (κ2) is 7.14. The van der Waals surface area contributed by atoms with Crippen molar-refractivity contribution < 1.29 is 4.55 Å². The lowest BCUT2D eigenvalue weighted by molar-refractivity contribution is 0.0352. The molecule has 1 aliphatic heterocycles. The molecule has 3 nitrogen and oxygen atoms in total. The molecule has 0 saturated carbocycles. The smallest absolute Gasteiger partial charge is 0.136 e. The van der Waals surface area contributed by atoms with Crippen LogP contribution in [0.4, 0.5) is 0 Å².